The average molecular weight is 310 g/mol. The van der Waals surface area contributed by atoms with Crippen molar-refractivity contribution in [1.82, 2.24) is 4.98 Å². The molecule has 1 aromatic heterocycles. The minimum atomic E-state index is 0.670. The van der Waals surface area contributed by atoms with Gasteiger partial charge in [0.2, 0.25) is 0 Å². The van der Waals surface area contributed by atoms with Crippen LogP contribution in [0.1, 0.15) is 0 Å². The Balaban J connectivity index is 1.76. The second-order valence-electron chi connectivity index (χ2n) is 3.30. The van der Waals surface area contributed by atoms with E-state index in [0.717, 1.165) is 16.1 Å². The molecule has 88 valence electrons. The lowest BCUT2D eigenvalue weighted by Gasteiger charge is -2.06. The van der Waals surface area contributed by atoms with Gasteiger partial charge in [0.15, 0.2) is 5.75 Å². The van der Waals surface area contributed by atoms with Gasteiger partial charge >= 0.3 is 0 Å². The zero-order valence-electron chi connectivity index (χ0n) is 9.17. The monoisotopic (exact) mass is 309 g/mol. The van der Waals surface area contributed by atoms with Gasteiger partial charge in [-0.2, -0.15) is 0 Å². The molecule has 0 aliphatic rings. The molecule has 4 heteroatoms. The van der Waals surface area contributed by atoms with Gasteiger partial charge in [-0.05, 0) is 40.2 Å². The SMILES string of the molecule is Brc1ncccc1OCCSc1ccccc1. The fourth-order valence-corrected chi connectivity index (χ4v) is 2.42. The van der Waals surface area contributed by atoms with Gasteiger partial charge in [-0.1, -0.05) is 18.2 Å². The maximum atomic E-state index is 5.63. The molecule has 2 aromatic rings. The van der Waals surface area contributed by atoms with Crippen molar-refractivity contribution < 1.29 is 4.74 Å². The molecule has 0 bridgehead atoms. The summed E-state index contributed by atoms with van der Waals surface area (Å²) in [5, 5.41) is 0. The molecule has 1 heterocycles. The fraction of sp³-hybridized carbons (Fsp3) is 0.154. The number of ether oxygens (including phenoxy) is 1. The van der Waals surface area contributed by atoms with Gasteiger partial charge < -0.3 is 4.74 Å². The first-order valence-corrected chi connectivity index (χ1v) is 7.05. The van der Waals surface area contributed by atoms with Crippen LogP contribution < -0.4 is 4.74 Å². The smallest absolute Gasteiger partial charge is 0.152 e. The van der Waals surface area contributed by atoms with E-state index in [-0.39, 0.29) is 0 Å². The number of rotatable bonds is 5. The van der Waals surface area contributed by atoms with Gasteiger partial charge in [0, 0.05) is 16.8 Å². The Labute approximate surface area is 114 Å². The summed E-state index contributed by atoms with van der Waals surface area (Å²) >= 11 is 5.14. The third-order valence-electron chi connectivity index (χ3n) is 2.08. The minimum absolute atomic E-state index is 0.670. The highest BCUT2D eigenvalue weighted by Crippen LogP contribution is 2.22. The van der Waals surface area contributed by atoms with Crippen molar-refractivity contribution in [2.45, 2.75) is 4.90 Å². The van der Waals surface area contributed by atoms with Crippen LogP contribution in [0, 0.1) is 0 Å². The molecule has 0 aliphatic heterocycles. The van der Waals surface area contributed by atoms with E-state index in [4.69, 9.17) is 4.74 Å². The van der Waals surface area contributed by atoms with Crippen LogP contribution in [0.3, 0.4) is 0 Å². The highest BCUT2D eigenvalue weighted by Gasteiger charge is 2.00. The largest absolute Gasteiger partial charge is 0.490 e. The molecule has 0 aliphatic carbocycles. The van der Waals surface area contributed by atoms with Crippen LogP contribution in [-0.2, 0) is 0 Å². The van der Waals surface area contributed by atoms with Gasteiger partial charge in [-0.3, -0.25) is 0 Å². The molecule has 0 radical (unpaired) electrons. The molecule has 0 spiro atoms. The zero-order chi connectivity index (χ0) is 11.9. The number of hydrogen-bond donors (Lipinski definition) is 0. The molecule has 0 saturated carbocycles. The Morgan fingerprint density at radius 1 is 1.12 bits per heavy atom. The Kier molecular flexibility index (Phi) is 4.88. The minimum Gasteiger partial charge on any atom is -0.490 e. The zero-order valence-corrected chi connectivity index (χ0v) is 11.6. The Morgan fingerprint density at radius 2 is 1.94 bits per heavy atom. The molecule has 0 atom stereocenters. The van der Waals surface area contributed by atoms with Crippen LogP contribution in [0.25, 0.3) is 0 Å². The van der Waals surface area contributed by atoms with Gasteiger partial charge in [-0.25, -0.2) is 4.98 Å². The number of aromatic nitrogens is 1. The van der Waals surface area contributed by atoms with E-state index in [0.29, 0.717) is 6.61 Å². The molecule has 2 rings (SSSR count). The van der Waals surface area contributed by atoms with Crippen molar-refractivity contribution in [2.24, 2.45) is 0 Å². The first-order valence-electron chi connectivity index (χ1n) is 5.27. The van der Waals surface area contributed by atoms with Gasteiger partial charge in [0.05, 0.1) is 6.61 Å². The maximum absolute atomic E-state index is 5.63. The lowest BCUT2D eigenvalue weighted by molar-refractivity contribution is 0.340. The summed E-state index contributed by atoms with van der Waals surface area (Å²) in [5.74, 6) is 1.71. The Morgan fingerprint density at radius 3 is 2.71 bits per heavy atom. The Hall–Kier alpha value is -1.00. The van der Waals surface area contributed by atoms with Crippen LogP contribution in [-0.4, -0.2) is 17.3 Å². The van der Waals surface area contributed by atoms with E-state index in [9.17, 15) is 0 Å². The quantitative estimate of drug-likeness (QED) is 0.473. The normalized spacial score (nSPS) is 10.2. The van der Waals surface area contributed by atoms with Crippen molar-refractivity contribution in [3.8, 4) is 5.75 Å². The van der Waals surface area contributed by atoms with Crippen LogP contribution in [0.15, 0.2) is 58.2 Å². The van der Waals surface area contributed by atoms with Crippen molar-refractivity contribution in [3.63, 3.8) is 0 Å². The molecule has 2 nitrogen and oxygen atoms in total. The maximum Gasteiger partial charge on any atom is 0.152 e. The molecule has 0 fully saturated rings. The molecule has 0 N–H and O–H groups in total. The second kappa shape index (κ2) is 6.67. The average Bonchev–Trinajstić information content (AvgIpc) is 2.38. The number of thioether (sulfide) groups is 1. The standard InChI is InChI=1S/C13H12BrNOS/c14-13-12(7-4-8-15-13)16-9-10-17-11-5-2-1-3-6-11/h1-8H,9-10H2. The predicted octanol–water partition coefficient (Wildman–Crippen LogP) is 4.02. The van der Waals surface area contributed by atoms with Crippen molar-refractivity contribution >= 4 is 27.7 Å². The lowest BCUT2D eigenvalue weighted by Crippen LogP contribution is -2.00. The summed E-state index contributed by atoms with van der Waals surface area (Å²) in [4.78, 5) is 5.37. The van der Waals surface area contributed by atoms with Crippen LogP contribution >= 0.6 is 27.7 Å². The summed E-state index contributed by atoms with van der Waals surface area (Å²) in [7, 11) is 0. The summed E-state index contributed by atoms with van der Waals surface area (Å²) in [6, 6.07) is 14.1. The third kappa shape index (κ3) is 4.06. The summed E-state index contributed by atoms with van der Waals surface area (Å²) in [6.45, 7) is 0.670. The molecule has 1 aromatic carbocycles. The number of halogens is 1. The van der Waals surface area contributed by atoms with Gasteiger partial charge in [0.25, 0.3) is 0 Å². The fourth-order valence-electron chi connectivity index (χ4n) is 1.31. The van der Waals surface area contributed by atoms with E-state index in [1.165, 1.54) is 4.90 Å². The predicted molar refractivity (Wildman–Crippen MR) is 74.6 cm³/mol. The number of hydrogen-bond acceptors (Lipinski definition) is 3. The van der Waals surface area contributed by atoms with Crippen molar-refractivity contribution in [1.29, 1.82) is 0 Å². The molecular weight excluding hydrogens is 298 g/mol. The summed E-state index contributed by atoms with van der Waals surface area (Å²) < 4.78 is 6.38. The molecule has 0 unspecified atom stereocenters. The van der Waals surface area contributed by atoms with E-state index in [1.807, 2.05) is 30.3 Å². The summed E-state index contributed by atoms with van der Waals surface area (Å²) in [6.07, 6.45) is 1.73. The third-order valence-corrected chi connectivity index (χ3v) is 3.65. The Bertz CT molecular complexity index is 464. The van der Waals surface area contributed by atoms with E-state index >= 15 is 0 Å². The number of pyridine rings is 1. The van der Waals surface area contributed by atoms with E-state index in [2.05, 4.69) is 33.0 Å². The van der Waals surface area contributed by atoms with Crippen LogP contribution in [0.2, 0.25) is 0 Å². The molecular formula is C13H12BrNOS. The summed E-state index contributed by atoms with van der Waals surface area (Å²) in [5.41, 5.74) is 0. The number of nitrogens with zero attached hydrogens (tertiary/aromatic N) is 1. The number of benzene rings is 1. The highest BCUT2D eigenvalue weighted by atomic mass is 79.9. The van der Waals surface area contributed by atoms with Gasteiger partial charge in [-0.15, -0.1) is 11.8 Å². The second-order valence-corrected chi connectivity index (χ2v) is 5.22. The first-order chi connectivity index (χ1) is 8.36. The molecule has 0 saturated heterocycles. The topological polar surface area (TPSA) is 22.1 Å². The van der Waals surface area contributed by atoms with Gasteiger partial charge in [0.1, 0.15) is 4.60 Å². The molecule has 0 amide bonds. The lowest BCUT2D eigenvalue weighted by atomic mass is 10.4. The van der Waals surface area contributed by atoms with Crippen molar-refractivity contribution in [3.05, 3.63) is 53.3 Å². The first kappa shape index (κ1) is 12.5. The van der Waals surface area contributed by atoms with Crippen LogP contribution in [0.5, 0.6) is 5.75 Å². The van der Waals surface area contributed by atoms with E-state index in [1.54, 1.807) is 18.0 Å². The van der Waals surface area contributed by atoms with Crippen molar-refractivity contribution in [2.75, 3.05) is 12.4 Å². The highest BCUT2D eigenvalue weighted by molar-refractivity contribution is 9.10. The van der Waals surface area contributed by atoms with Crippen LogP contribution in [0.4, 0.5) is 0 Å². The molecule has 17 heavy (non-hydrogen) atoms. The van der Waals surface area contributed by atoms with E-state index < -0.39 is 0 Å².